The van der Waals surface area contributed by atoms with Gasteiger partial charge in [0.25, 0.3) is 0 Å². The predicted octanol–water partition coefficient (Wildman–Crippen LogP) is 5.33. The van der Waals surface area contributed by atoms with E-state index in [4.69, 9.17) is 9.59 Å². The maximum atomic E-state index is 8.00. The Balaban J connectivity index is 0.000000422. The Morgan fingerprint density at radius 2 is 1.15 bits per heavy atom. The van der Waals surface area contributed by atoms with Gasteiger partial charge < -0.3 is 14.9 Å². The summed E-state index contributed by atoms with van der Waals surface area (Å²) in [4.78, 5) is 16.0. The summed E-state index contributed by atoms with van der Waals surface area (Å²) in [6.07, 6.45) is 0. The normalized spacial score (nSPS) is 8.42. The predicted molar refractivity (Wildman–Crippen MR) is 112 cm³/mol. The third-order valence-corrected chi connectivity index (χ3v) is 3.47. The summed E-state index contributed by atoms with van der Waals surface area (Å²) in [5.74, 6) is 0. The second-order valence-corrected chi connectivity index (χ2v) is 5.35. The molecule has 3 nitrogen and oxygen atoms in total. The monoisotopic (exact) mass is 349 g/mol. The van der Waals surface area contributed by atoms with E-state index in [0.29, 0.717) is 0 Å². The van der Waals surface area contributed by atoms with Gasteiger partial charge in [-0.15, -0.1) is 0 Å². The lowest BCUT2D eigenvalue weighted by Crippen LogP contribution is -1.86. The van der Waals surface area contributed by atoms with Crippen LogP contribution >= 0.6 is 0 Å². The molecule has 136 valence electrons. The van der Waals surface area contributed by atoms with Crippen LogP contribution in [-0.2, 0) is 9.59 Å². The summed E-state index contributed by atoms with van der Waals surface area (Å²) in [7, 11) is 1.93. The van der Waals surface area contributed by atoms with Crippen molar-refractivity contribution in [2.75, 3.05) is 12.4 Å². The third kappa shape index (κ3) is 8.60. The van der Waals surface area contributed by atoms with Crippen LogP contribution in [0.2, 0.25) is 0 Å². The van der Waals surface area contributed by atoms with Crippen molar-refractivity contribution < 1.29 is 9.59 Å². The molecule has 0 saturated carbocycles. The fourth-order valence-corrected chi connectivity index (χ4v) is 2.18. The van der Waals surface area contributed by atoms with Crippen LogP contribution in [0.25, 0.3) is 11.1 Å². The molecule has 3 heteroatoms. The van der Waals surface area contributed by atoms with Crippen LogP contribution in [0.4, 0.5) is 5.69 Å². The summed E-state index contributed by atoms with van der Waals surface area (Å²) >= 11 is 0. The fraction of sp³-hybridized carbons (Fsp3) is 0.130. The van der Waals surface area contributed by atoms with Crippen LogP contribution in [-0.4, -0.2) is 20.6 Å². The van der Waals surface area contributed by atoms with E-state index in [0.717, 1.165) is 0 Å². The van der Waals surface area contributed by atoms with Crippen LogP contribution in [0.3, 0.4) is 0 Å². The van der Waals surface area contributed by atoms with E-state index in [9.17, 15) is 0 Å². The van der Waals surface area contributed by atoms with Crippen molar-refractivity contribution >= 4 is 19.3 Å². The Morgan fingerprint density at radius 1 is 0.615 bits per heavy atom. The second-order valence-electron chi connectivity index (χ2n) is 5.35. The number of benzene rings is 3. The zero-order valence-corrected chi connectivity index (χ0v) is 15.7. The first-order valence-corrected chi connectivity index (χ1v) is 8.13. The van der Waals surface area contributed by atoms with Crippen molar-refractivity contribution in [1.29, 1.82) is 0 Å². The zero-order valence-electron chi connectivity index (χ0n) is 15.7. The molecule has 0 atom stereocenters. The lowest BCUT2D eigenvalue weighted by molar-refractivity contribution is -0.0987. The minimum absolute atomic E-state index is 1.18. The van der Waals surface area contributed by atoms with E-state index in [1.807, 2.05) is 38.8 Å². The minimum atomic E-state index is 1.18. The lowest BCUT2D eigenvalue weighted by atomic mass is 10.0. The summed E-state index contributed by atoms with van der Waals surface area (Å²) < 4.78 is 0. The van der Waals surface area contributed by atoms with Gasteiger partial charge in [0.15, 0.2) is 0 Å². The highest BCUT2D eigenvalue weighted by Gasteiger charge is 1.93. The first kappa shape index (κ1) is 22.8. The van der Waals surface area contributed by atoms with E-state index in [1.54, 1.807) is 0 Å². The highest BCUT2D eigenvalue weighted by atomic mass is 16.1. The largest absolute Gasteiger partial charge is 0.388 e. The molecule has 3 aromatic carbocycles. The van der Waals surface area contributed by atoms with Crippen LogP contribution in [0.1, 0.15) is 11.1 Å². The standard InChI is InChI=1S/C13H12.C8H11N.2CH2O/c1-11-7-9-13(10-8-11)12-5-3-2-4-6-12;1-7-4-3-5-8(6-7)9-2;2*1-2/h2-10H,1H3;3-6,9H,1-2H3;2*1H2. The van der Waals surface area contributed by atoms with E-state index in [-0.39, 0.29) is 0 Å². The molecule has 0 amide bonds. The van der Waals surface area contributed by atoms with E-state index >= 15 is 0 Å². The summed E-state index contributed by atoms with van der Waals surface area (Å²) in [6, 6.07) is 27.3. The molecule has 3 aromatic rings. The van der Waals surface area contributed by atoms with Gasteiger partial charge >= 0.3 is 0 Å². The molecule has 0 aliphatic rings. The first-order chi connectivity index (χ1) is 12.7. The third-order valence-electron chi connectivity index (χ3n) is 3.47. The van der Waals surface area contributed by atoms with Gasteiger partial charge in [0.05, 0.1) is 0 Å². The Bertz CT molecular complexity index is 723. The SMILES string of the molecule is C=O.C=O.CNc1cccc(C)c1.Cc1ccc(-c2ccccc2)cc1. The van der Waals surface area contributed by atoms with Crippen LogP contribution in [0.15, 0.2) is 78.9 Å². The first-order valence-electron chi connectivity index (χ1n) is 8.13. The highest BCUT2D eigenvalue weighted by molar-refractivity contribution is 5.63. The van der Waals surface area contributed by atoms with Gasteiger partial charge in [-0.1, -0.05) is 72.3 Å². The van der Waals surface area contributed by atoms with Crippen molar-refractivity contribution in [3.8, 4) is 11.1 Å². The van der Waals surface area contributed by atoms with Gasteiger partial charge in [-0.25, -0.2) is 0 Å². The van der Waals surface area contributed by atoms with Crippen molar-refractivity contribution in [2.45, 2.75) is 13.8 Å². The maximum absolute atomic E-state index is 8.00. The molecule has 0 fully saturated rings. The molecular formula is C23H27NO2. The molecule has 0 radical (unpaired) electrons. The smallest absolute Gasteiger partial charge is 0.106 e. The molecular weight excluding hydrogens is 322 g/mol. The summed E-state index contributed by atoms with van der Waals surface area (Å²) in [5, 5.41) is 3.07. The van der Waals surface area contributed by atoms with Crippen molar-refractivity contribution in [2.24, 2.45) is 0 Å². The maximum Gasteiger partial charge on any atom is 0.106 e. The molecule has 0 aliphatic heterocycles. The summed E-state index contributed by atoms with van der Waals surface area (Å²) in [5.41, 5.74) is 6.34. The highest BCUT2D eigenvalue weighted by Crippen LogP contribution is 2.18. The average molecular weight is 349 g/mol. The topological polar surface area (TPSA) is 46.2 Å². The number of anilines is 1. The molecule has 0 aliphatic carbocycles. The van der Waals surface area contributed by atoms with Crippen molar-refractivity contribution in [3.63, 3.8) is 0 Å². The average Bonchev–Trinajstić information content (AvgIpc) is 2.73. The summed E-state index contributed by atoms with van der Waals surface area (Å²) in [6.45, 7) is 8.19. The van der Waals surface area contributed by atoms with E-state index < -0.39 is 0 Å². The fourth-order valence-electron chi connectivity index (χ4n) is 2.18. The number of hydrogen-bond acceptors (Lipinski definition) is 3. The molecule has 26 heavy (non-hydrogen) atoms. The number of nitrogens with one attached hydrogen (secondary N) is 1. The van der Waals surface area contributed by atoms with Gasteiger partial charge in [0.2, 0.25) is 0 Å². The lowest BCUT2D eigenvalue weighted by Gasteiger charge is -2.00. The number of carbonyl (C=O) groups is 2. The van der Waals surface area contributed by atoms with Crippen LogP contribution < -0.4 is 5.32 Å². The Hall–Kier alpha value is -3.20. The molecule has 0 spiro atoms. The molecule has 3 rings (SSSR count). The minimum Gasteiger partial charge on any atom is -0.388 e. The van der Waals surface area contributed by atoms with Crippen LogP contribution in [0, 0.1) is 13.8 Å². The molecule has 0 aromatic heterocycles. The van der Waals surface area contributed by atoms with Gasteiger partial charge in [-0.3, -0.25) is 0 Å². The Kier molecular flexibility index (Phi) is 12.4. The molecule has 1 N–H and O–H groups in total. The van der Waals surface area contributed by atoms with Crippen molar-refractivity contribution in [3.05, 3.63) is 90.0 Å². The molecule has 0 saturated heterocycles. The van der Waals surface area contributed by atoms with E-state index in [1.165, 1.54) is 27.9 Å². The number of carbonyl (C=O) groups excluding carboxylic acids is 2. The Morgan fingerprint density at radius 3 is 1.62 bits per heavy atom. The number of aryl methyl sites for hydroxylation is 2. The van der Waals surface area contributed by atoms with Crippen molar-refractivity contribution in [1.82, 2.24) is 0 Å². The molecule has 0 bridgehead atoms. The van der Waals surface area contributed by atoms with Gasteiger partial charge in [0, 0.05) is 12.7 Å². The number of rotatable bonds is 2. The van der Waals surface area contributed by atoms with E-state index in [2.05, 4.69) is 79.8 Å². The van der Waals surface area contributed by atoms with Gasteiger partial charge in [-0.05, 0) is 42.7 Å². The van der Waals surface area contributed by atoms with Gasteiger partial charge in [0.1, 0.15) is 13.6 Å². The molecule has 0 unspecified atom stereocenters. The van der Waals surface area contributed by atoms with Crippen LogP contribution in [0.5, 0.6) is 0 Å². The van der Waals surface area contributed by atoms with Gasteiger partial charge in [-0.2, -0.15) is 0 Å². The molecule has 0 heterocycles. The quantitative estimate of drug-likeness (QED) is 0.680. The number of hydrogen-bond donors (Lipinski definition) is 1. The Labute approximate surface area is 156 Å². The second kappa shape index (κ2) is 14.2. The zero-order chi connectivity index (χ0) is 19.8.